The highest BCUT2D eigenvalue weighted by atomic mass is 35.5. The minimum absolute atomic E-state index is 0.0507. The van der Waals surface area contributed by atoms with Crippen molar-refractivity contribution in [2.45, 2.75) is 39.3 Å². The summed E-state index contributed by atoms with van der Waals surface area (Å²) in [6.45, 7) is 6.53. The molecular weight excluding hydrogens is 434 g/mol. The molecule has 0 saturated carbocycles. The molecule has 0 amide bonds. The monoisotopic (exact) mass is 461 g/mol. The predicted octanol–water partition coefficient (Wildman–Crippen LogP) is 3.80. The maximum atomic E-state index is 12.5. The molecular formula is C24H28ClNO6. The maximum Gasteiger partial charge on any atom is 0.350 e. The molecule has 8 heteroatoms. The van der Waals surface area contributed by atoms with Crippen LogP contribution in [0.4, 0.5) is 0 Å². The van der Waals surface area contributed by atoms with E-state index in [4.69, 9.17) is 31.5 Å². The highest BCUT2D eigenvalue weighted by Crippen LogP contribution is 2.22. The molecule has 2 aromatic carbocycles. The molecule has 0 aromatic heterocycles. The van der Waals surface area contributed by atoms with E-state index < -0.39 is 23.6 Å². The first-order valence-corrected chi connectivity index (χ1v) is 10.6. The molecule has 0 aliphatic rings. The van der Waals surface area contributed by atoms with Gasteiger partial charge >= 0.3 is 11.9 Å². The molecule has 2 N–H and O–H groups in total. The van der Waals surface area contributed by atoms with Gasteiger partial charge in [-0.15, -0.1) is 0 Å². The Kier molecular flexibility index (Phi) is 8.80. The number of benzene rings is 2. The van der Waals surface area contributed by atoms with E-state index >= 15 is 0 Å². The number of hydrogen-bond donors (Lipinski definition) is 1. The Morgan fingerprint density at radius 3 is 1.94 bits per heavy atom. The molecule has 2 rings (SSSR count). The van der Waals surface area contributed by atoms with E-state index in [0.717, 1.165) is 0 Å². The Hall–Kier alpha value is -2.90. The first-order valence-electron chi connectivity index (χ1n) is 10.2. The zero-order valence-corrected chi connectivity index (χ0v) is 19.3. The highest BCUT2D eigenvalue weighted by Gasteiger charge is 2.32. The SMILES string of the molecule is CC(C)C(N)C(=O)OCCOC(=O)C(C)(C)Oc1ccc(C(=O)c2ccc(Cl)cc2)cc1. The van der Waals surface area contributed by atoms with Crippen LogP contribution in [0.25, 0.3) is 0 Å². The van der Waals surface area contributed by atoms with E-state index in [1.54, 1.807) is 62.4 Å². The van der Waals surface area contributed by atoms with Gasteiger partial charge in [0.2, 0.25) is 0 Å². The van der Waals surface area contributed by atoms with Crippen LogP contribution in [-0.2, 0) is 19.1 Å². The Labute approximate surface area is 192 Å². The molecule has 1 unspecified atom stereocenters. The van der Waals surface area contributed by atoms with Crippen molar-refractivity contribution in [3.05, 3.63) is 64.7 Å². The second kappa shape index (κ2) is 11.1. The van der Waals surface area contributed by atoms with E-state index in [9.17, 15) is 14.4 Å². The Bertz CT molecular complexity index is 938. The Morgan fingerprint density at radius 1 is 0.906 bits per heavy atom. The van der Waals surface area contributed by atoms with Gasteiger partial charge in [0.15, 0.2) is 11.4 Å². The maximum absolute atomic E-state index is 12.5. The fourth-order valence-electron chi connectivity index (χ4n) is 2.60. The van der Waals surface area contributed by atoms with Crippen LogP contribution < -0.4 is 10.5 Å². The van der Waals surface area contributed by atoms with E-state index in [1.807, 2.05) is 13.8 Å². The third-order valence-electron chi connectivity index (χ3n) is 4.64. The lowest BCUT2D eigenvalue weighted by Crippen LogP contribution is -2.41. The summed E-state index contributed by atoms with van der Waals surface area (Å²) in [7, 11) is 0. The van der Waals surface area contributed by atoms with Crippen LogP contribution in [0.15, 0.2) is 48.5 Å². The van der Waals surface area contributed by atoms with Crippen molar-refractivity contribution in [3.8, 4) is 5.75 Å². The summed E-state index contributed by atoms with van der Waals surface area (Å²) in [6, 6.07) is 12.3. The van der Waals surface area contributed by atoms with Gasteiger partial charge in [-0.05, 0) is 68.3 Å². The summed E-state index contributed by atoms with van der Waals surface area (Å²) >= 11 is 5.86. The van der Waals surface area contributed by atoms with Gasteiger partial charge in [-0.1, -0.05) is 25.4 Å². The van der Waals surface area contributed by atoms with Crippen molar-refractivity contribution >= 4 is 29.3 Å². The predicted molar refractivity (Wildman–Crippen MR) is 121 cm³/mol. The molecule has 0 aliphatic carbocycles. The molecule has 0 bridgehead atoms. The number of esters is 2. The van der Waals surface area contributed by atoms with Gasteiger partial charge < -0.3 is 19.9 Å². The van der Waals surface area contributed by atoms with Crippen molar-refractivity contribution in [2.24, 2.45) is 11.7 Å². The zero-order valence-electron chi connectivity index (χ0n) is 18.6. The highest BCUT2D eigenvalue weighted by molar-refractivity contribution is 6.30. The van der Waals surface area contributed by atoms with Crippen LogP contribution in [0.5, 0.6) is 5.75 Å². The topological polar surface area (TPSA) is 105 Å². The number of ether oxygens (including phenoxy) is 3. The first kappa shape index (κ1) is 25.4. The molecule has 0 heterocycles. The summed E-state index contributed by atoms with van der Waals surface area (Å²) in [6.07, 6.45) is 0. The average Bonchev–Trinajstić information content (AvgIpc) is 2.76. The van der Waals surface area contributed by atoms with Crippen molar-refractivity contribution in [1.82, 2.24) is 0 Å². The van der Waals surface area contributed by atoms with E-state index in [0.29, 0.717) is 21.9 Å². The first-order chi connectivity index (χ1) is 15.0. The summed E-state index contributed by atoms with van der Waals surface area (Å²) in [4.78, 5) is 36.6. The lowest BCUT2D eigenvalue weighted by atomic mass is 10.0. The van der Waals surface area contributed by atoms with Gasteiger partial charge in [0, 0.05) is 16.1 Å². The Morgan fingerprint density at radius 2 is 1.41 bits per heavy atom. The third-order valence-corrected chi connectivity index (χ3v) is 4.89. The number of carbonyl (C=O) groups excluding carboxylic acids is 3. The molecule has 0 radical (unpaired) electrons. The number of carbonyl (C=O) groups is 3. The quantitative estimate of drug-likeness (QED) is 0.326. The van der Waals surface area contributed by atoms with Crippen molar-refractivity contribution in [2.75, 3.05) is 13.2 Å². The average molecular weight is 462 g/mol. The molecule has 0 saturated heterocycles. The smallest absolute Gasteiger partial charge is 0.350 e. The van der Waals surface area contributed by atoms with Crippen LogP contribution in [0.1, 0.15) is 43.6 Å². The molecule has 0 fully saturated rings. The van der Waals surface area contributed by atoms with Crippen LogP contribution >= 0.6 is 11.6 Å². The van der Waals surface area contributed by atoms with Crippen LogP contribution in [0.3, 0.4) is 0 Å². The van der Waals surface area contributed by atoms with Gasteiger partial charge in [-0.3, -0.25) is 9.59 Å². The number of halogens is 1. The fourth-order valence-corrected chi connectivity index (χ4v) is 2.72. The van der Waals surface area contributed by atoms with Gasteiger partial charge in [0.25, 0.3) is 0 Å². The van der Waals surface area contributed by atoms with Crippen molar-refractivity contribution in [3.63, 3.8) is 0 Å². The van der Waals surface area contributed by atoms with Crippen molar-refractivity contribution in [1.29, 1.82) is 0 Å². The molecule has 32 heavy (non-hydrogen) atoms. The molecule has 172 valence electrons. The normalized spacial score (nSPS) is 12.2. The number of rotatable bonds is 10. The minimum Gasteiger partial charge on any atom is -0.476 e. The zero-order chi connectivity index (χ0) is 23.9. The molecule has 2 aromatic rings. The standard InChI is InChI=1S/C24H28ClNO6/c1-15(2)20(26)22(28)30-13-14-31-23(29)24(3,4)32-19-11-7-17(8-12-19)21(27)16-5-9-18(25)10-6-16/h5-12,15,20H,13-14,26H2,1-4H3. The number of ketones is 1. The lowest BCUT2D eigenvalue weighted by Gasteiger charge is -2.24. The van der Waals surface area contributed by atoms with Gasteiger partial charge in [-0.25, -0.2) is 4.79 Å². The van der Waals surface area contributed by atoms with Gasteiger partial charge in [0.1, 0.15) is 25.0 Å². The summed E-state index contributed by atoms with van der Waals surface area (Å²) in [5.41, 5.74) is 5.39. The van der Waals surface area contributed by atoms with Crippen molar-refractivity contribution < 1.29 is 28.6 Å². The molecule has 0 aliphatic heterocycles. The molecule has 1 atom stereocenters. The Balaban J connectivity index is 1.87. The summed E-state index contributed by atoms with van der Waals surface area (Å²) < 4.78 is 15.9. The fraction of sp³-hybridized carbons (Fsp3) is 0.375. The van der Waals surface area contributed by atoms with Crippen LogP contribution in [-0.4, -0.2) is 42.6 Å². The third kappa shape index (κ3) is 7.07. The van der Waals surface area contributed by atoms with Crippen LogP contribution in [0.2, 0.25) is 5.02 Å². The van der Waals surface area contributed by atoms with Gasteiger partial charge in [0.05, 0.1) is 0 Å². The van der Waals surface area contributed by atoms with E-state index in [-0.39, 0.29) is 24.9 Å². The van der Waals surface area contributed by atoms with Gasteiger partial charge in [-0.2, -0.15) is 0 Å². The lowest BCUT2D eigenvalue weighted by molar-refractivity contribution is -0.163. The second-order valence-electron chi connectivity index (χ2n) is 8.05. The number of nitrogens with two attached hydrogens (primary N) is 1. The summed E-state index contributed by atoms with van der Waals surface area (Å²) in [5, 5.41) is 0.553. The van der Waals surface area contributed by atoms with Crippen LogP contribution in [0, 0.1) is 5.92 Å². The molecule has 7 nitrogen and oxygen atoms in total. The summed E-state index contributed by atoms with van der Waals surface area (Å²) in [5.74, 6) is -0.972. The largest absolute Gasteiger partial charge is 0.476 e. The molecule has 0 spiro atoms. The minimum atomic E-state index is -1.29. The van der Waals surface area contributed by atoms with E-state index in [2.05, 4.69) is 0 Å². The van der Waals surface area contributed by atoms with E-state index in [1.165, 1.54) is 0 Å². The number of hydrogen-bond acceptors (Lipinski definition) is 7. The second-order valence-corrected chi connectivity index (χ2v) is 8.48.